The highest BCUT2D eigenvalue weighted by Crippen LogP contribution is 2.15. The number of carbonyl (C=O) groups excluding carboxylic acids is 2. The van der Waals surface area contributed by atoms with Gasteiger partial charge in [-0.1, -0.05) is 52.0 Å². The summed E-state index contributed by atoms with van der Waals surface area (Å²) in [6, 6.07) is 8.16. The summed E-state index contributed by atoms with van der Waals surface area (Å²) in [7, 11) is 3.92. The summed E-state index contributed by atoms with van der Waals surface area (Å²) in [5.74, 6) is 0.722. The molecule has 0 radical (unpaired) electrons. The predicted molar refractivity (Wildman–Crippen MR) is 98.2 cm³/mol. The van der Waals surface area contributed by atoms with Gasteiger partial charge < -0.3 is 19.7 Å². The van der Waals surface area contributed by atoms with Crippen molar-refractivity contribution in [2.75, 3.05) is 27.2 Å². The third kappa shape index (κ3) is 11.7. The van der Waals surface area contributed by atoms with Crippen molar-refractivity contribution in [1.29, 1.82) is 0 Å². The van der Waals surface area contributed by atoms with Crippen LogP contribution in [0, 0.1) is 5.92 Å². The molecule has 0 aliphatic rings. The minimum atomic E-state index is -0.366. The van der Waals surface area contributed by atoms with Crippen LogP contribution in [0.3, 0.4) is 0 Å². The maximum Gasteiger partial charge on any atom is 0.407 e. The van der Waals surface area contributed by atoms with E-state index in [2.05, 4.69) is 31.3 Å². The number of likely N-dealkylation sites (N-methyl/N-ethyl adjacent to an activating group) is 1. The van der Waals surface area contributed by atoms with Gasteiger partial charge in [0.2, 0.25) is 0 Å². The maximum atomic E-state index is 11.4. The molecule has 5 heteroatoms. The molecule has 0 fully saturated rings. The Morgan fingerprint density at radius 3 is 2.12 bits per heavy atom. The van der Waals surface area contributed by atoms with E-state index in [1.807, 2.05) is 45.0 Å². The molecule has 1 rings (SSSR count). The molecule has 0 heterocycles. The van der Waals surface area contributed by atoms with Crippen LogP contribution in [0.4, 0.5) is 4.79 Å². The van der Waals surface area contributed by atoms with Gasteiger partial charge in [-0.2, -0.15) is 0 Å². The van der Waals surface area contributed by atoms with Crippen LogP contribution in [0.5, 0.6) is 0 Å². The number of amides is 1. The molecule has 1 aromatic carbocycles. The first-order valence-corrected chi connectivity index (χ1v) is 8.35. The minimum absolute atomic E-state index is 0.204. The molecule has 0 spiro atoms. The summed E-state index contributed by atoms with van der Waals surface area (Å²) >= 11 is 0. The van der Waals surface area contributed by atoms with Gasteiger partial charge in [0.05, 0.1) is 0 Å². The van der Waals surface area contributed by atoms with E-state index in [0.717, 1.165) is 18.4 Å². The quantitative estimate of drug-likeness (QED) is 0.775. The second-order valence-corrected chi connectivity index (χ2v) is 6.58. The van der Waals surface area contributed by atoms with E-state index >= 15 is 0 Å². The fourth-order valence-electron chi connectivity index (χ4n) is 1.58. The molecule has 136 valence electrons. The molecule has 0 aliphatic heterocycles. The number of alkyl carbamates (subject to hydrolysis) is 1. The van der Waals surface area contributed by atoms with Crippen molar-refractivity contribution >= 4 is 12.4 Å². The molecule has 1 amide bonds. The van der Waals surface area contributed by atoms with Gasteiger partial charge >= 0.3 is 6.09 Å². The van der Waals surface area contributed by atoms with E-state index in [1.54, 1.807) is 0 Å². The third-order valence-corrected chi connectivity index (χ3v) is 3.12. The summed E-state index contributed by atoms with van der Waals surface area (Å²) < 4.78 is 5.14. The number of aldehydes is 1. The lowest BCUT2D eigenvalue weighted by atomic mass is 10.0. The van der Waals surface area contributed by atoms with Crippen LogP contribution in [-0.2, 0) is 16.1 Å². The number of hydrogen-bond donors (Lipinski definition) is 1. The highest BCUT2D eigenvalue weighted by atomic mass is 16.5. The average molecular weight is 336 g/mol. The Morgan fingerprint density at radius 2 is 1.71 bits per heavy atom. The lowest BCUT2D eigenvalue weighted by Gasteiger charge is -2.11. The maximum absolute atomic E-state index is 11.4. The van der Waals surface area contributed by atoms with Crippen molar-refractivity contribution in [1.82, 2.24) is 10.2 Å². The fourth-order valence-corrected chi connectivity index (χ4v) is 1.58. The van der Waals surface area contributed by atoms with Crippen molar-refractivity contribution in [3.8, 4) is 0 Å². The number of ether oxygens (including phenoxy) is 1. The monoisotopic (exact) mass is 336 g/mol. The largest absolute Gasteiger partial charge is 0.445 e. The number of carbonyl (C=O) groups is 2. The van der Waals surface area contributed by atoms with E-state index in [0.29, 0.717) is 19.1 Å². The second-order valence-electron chi connectivity index (χ2n) is 6.58. The van der Waals surface area contributed by atoms with Crippen molar-refractivity contribution in [2.24, 2.45) is 5.92 Å². The summed E-state index contributed by atoms with van der Waals surface area (Å²) in [5, 5.41) is 2.71. The van der Waals surface area contributed by atoms with Gasteiger partial charge in [0.1, 0.15) is 12.9 Å². The molecule has 5 nitrogen and oxygen atoms in total. The Labute approximate surface area is 146 Å². The van der Waals surface area contributed by atoms with Crippen molar-refractivity contribution < 1.29 is 14.3 Å². The van der Waals surface area contributed by atoms with Gasteiger partial charge in [0.15, 0.2) is 0 Å². The Balaban J connectivity index is 0.000000922. The molecule has 1 aromatic rings. The molecule has 0 saturated heterocycles. The lowest BCUT2D eigenvalue weighted by Crippen LogP contribution is -2.31. The highest BCUT2D eigenvalue weighted by Gasteiger charge is 2.03. The van der Waals surface area contributed by atoms with Gasteiger partial charge in [-0.05, 0) is 31.1 Å². The summed E-state index contributed by atoms with van der Waals surface area (Å²) in [4.78, 5) is 22.9. The molecule has 0 saturated carbocycles. The standard InChI is InChI=1S/C15H24N2O2.C4H8O/c1-12(2)14-7-5-13(6-8-14)11-19-15(18)16-9-10-17(3)4;1-4(2)3-5/h5-8,12H,9-11H2,1-4H3,(H,16,18);3-4H,1-2H3. The topological polar surface area (TPSA) is 58.6 Å². The van der Waals surface area contributed by atoms with Crippen molar-refractivity contribution in [3.05, 3.63) is 35.4 Å². The normalized spacial score (nSPS) is 10.4. The zero-order valence-electron chi connectivity index (χ0n) is 15.8. The van der Waals surface area contributed by atoms with E-state index in [4.69, 9.17) is 4.74 Å². The molecule has 24 heavy (non-hydrogen) atoms. The molecule has 0 bridgehead atoms. The van der Waals surface area contributed by atoms with Crippen LogP contribution in [0.2, 0.25) is 0 Å². The first kappa shape index (κ1) is 22.1. The van der Waals surface area contributed by atoms with Gasteiger partial charge in [0.25, 0.3) is 0 Å². The van der Waals surface area contributed by atoms with Crippen LogP contribution in [0.1, 0.15) is 44.7 Å². The number of nitrogens with one attached hydrogen (secondary N) is 1. The molecule has 0 unspecified atom stereocenters. The Morgan fingerprint density at radius 1 is 1.17 bits per heavy atom. The number of hydrogen-bond acceptors (Lipinski definition) is 4. The fraction of sp³-hybridized carbons (Fsp3) is 0.579. The zero-order chi connectivity index (χ0) is 18.5. The smallest absolute Gasteiger partial charge is 0.407 e. The average Bonchev–Trinajstić information content (AvgIpc) is 2.53. The molecule has 1 N–H and O–H groups in total. The van der Waals surface area contributed by atoms with E-state index in [9.17, 15) is 9.59 Å². The number of benzene rings is 1. The van der Waals surface area contributed by atoms with Crippen LogP contribution in [0.25, 0.3) is 0 Å². The van der Waals surface area contributed by atoms with Gasteiger partial charge in [0, 0.05) is 19.0 Å². The first-order valence-electron chi connectivity index (χ1n) is 8.35. The zero-order valence-corrected chi connectivity index (χ0v) is 15.8. The van der Waals surface area contributed by atoms with Crippen LogP contribution >= 0.6 is 0 Å². The molecular weight excluding hydrogens is 304 g/mol. The number of nitrogens with zero attached hydrogens (tertiary/aromatic N) is 1. The lowest BCUT2D eigenvalue weighted by molar-refractivity contribution is -0.110. The van der Waals surface area contributed by atoms with E-state index < -0.39 is 0 Å². The van der Waals surface area contributed by atoms with Crippen LogP contribution in [0.15, 0.2) is 24.3 Å². The van der Waals surface area contributed by atoms with E-state index in [-0.39, 0.29) is 12.0 Å². The molecule has 0 aliphatic carbocycles. The third-order valence-electron chi connectivity index (χ3n) is 3.12. The number of rotatable bonds is 7. The Hall–Kier alpha value is -1.88. The van der Waals surface area contributed by atoms with Crippen LogP contribution in [-0.4, -0.2) is 44.5 Å². The molecule has 0 aromatic heterocycles. The molecular formula is C19H32N2O3. The summed E-state index contributed by atoms with van der Waals surface area (Å²) in [6.07, 6.45) is 0.551. The van der Waals surface area contributed by atoms with Crippen molar-refractivity contribution in [3.63, 3.8) is 0 Å². The second kappa shape index (κ2) is 12.5. The Kier molecular flexibility index (Phi) is 11.5. The van der Waals surface area contributed by atoms with Gasteiger partial charge in [-0.15, -0.1) is 0 Å². The SMILES string of the molecule is CC(C)C=O.CC(C)c1ccc(COC(=O)NCCN(C)C)cc1. The highest BCUT2D eigenvalue weighted by molar-refractivity contribution is 5.67. The first-order chi connectivity index (χ1) is 11.3. The van der Waals surface area contributed by atoms with Crippen molar-refractivity contribution in [2.45, 2.75) is 40.2 Å². The van der Waals surface area contributed by atoms with Crippen LogP contribution < -0.4 is 5.32 Å². The van der Waals surface area contributed by atoms with E-state index in [1.165, 1.54) is 5.56 Å². The van der Waals surface area contributed by atoms with Gasteiger partial charge in [-0.25, -0.2) is 4.79 Å². The Bertz CT molecular complexity index is 468. The summed E-state index contributed by atoms with van der Waals surface area (Å²) in [6.45, 7) is 9.73. The summed E-state index contributed by atoms with van der Waals surface area (Å²) in [5.41, 5.74) is 2.30. The predicted octanol–water partition coefficient (Wildman–Crippen LogP) is 3.44. The molecule has 0 atom stereocenters. The minimum Gasteiger partial charge on any atom is -0.445 e. The van der Waals surface area contributed by atoms with Gasteiger partial charge in [-0.3, -0.25) is 0 Å².